The van der Waals surface area contributed by atoms with E-state index in [-0.39, 0.29) is 12.6 Å². The Morgan fingerprint density at radius 3 is 2.89 bits per heavy atom. The topological polar surface area (TPSA) is 93.3 Å². The minimum absolute atomic E-state index is 0.0242. The summed E-state index contributed by atoms with van der Waals surface area (Å²) in [7, 11) is 1.64. The fourth-order valence-corrected chi connectivity index (χ4v) is 1.61. The molecule has 6 heteroatoms. The molecule has 0 radical (unpaired) electrons. The molecule has 0 aromatic carbocycles. The molecule has 1 unspecified atom stereocenters. The first kappa shape index (κ1) is 14.7. The Kier molecular flexibility index (Phi) is 6.38. The van der Waals surface area contributed by atoms with Gasteiger partial charge in [0, 0.05) is 26.2 Å². The van der Waals surface area contributed by atoms with Crippen LogP contribution in [0.2, 0.25) is 0 Å². The summed E-state index contributed by atoms with van der Waals surface area (Å²) in [5.74, 6) is 1.82. The standard InChI is InChI=1S/C12H22N4O2/c1-3-4-11-15-10(13)7-12(16-11)14-9(8-17)5-6-18-2/h7,9,17H,3-6,8H2,1-2H3,(H3,13,14,15,16). The number of nitrogens with zero attached hydrogens (tertiary/aromatic N) is 2. The van der Waals surface area contributed by atoms with Crippen LogP contribution in [0.3, 0.4) is 0 Å². The van der Waals surface area contributed by atoms with Gasteiger partial charge in [0.05, 0.1) is 12.6 Å². The first-order valence-corrected chi connectivity index (χ1v) is 6.19. The molecule has 4 N–H and O–H groups in total. The van der Waals surface area contributed by atoms with E-state index in [1.165, 1.54) is 0 Å². The van der Waals surface area contributed by atoms with Crippen LogP contribution in [0.25, 0.3) is 0 Å². The number of rotatable bonds is 8. The van der Waals surface area contributed by atoms with Crippen molar-refractivity contribution in [1.29, 1.82) is 0 Å². The van der Waals surface area contributed by atoms with E-state index in [0.717, 1.165) is 18.7 Å². The maximum absolute atomic E-state index is 9.26. The van der Waals surface area contributed by atoms with Crippen LogP contribution in [0, 0.1) is 0 Å². The van der Waals surface area contributed by atoms with Crippen molar-refractivity contribution in [3.63, 3.8) is 0 Å². The molecule has 0 aliphatic heterocycles. The summed E-state index contributed by atoms with van der Waals surface area (Å²) < 4.78 is 4.99. The number of aromatic nitrogens is 2. The average molecular weight is 254 g/mol. The van der Waals surface area contributed by atoms with E-state index < -0.39 is 0 Å². The molecular formula is C12H22N4O2. The lowest BCUT2D eigenvalue weighted by Crippen LogP contribution is -2.26. The fraction of sp³-hybridized carbons (Fsp3) is 0.667. The quantitative estimate of drug-likeness (QED) is 0.636. The summed E-state index contributed by atoms with van der Waals surface area (Å²) in [5, 5.41) is 12.4. The summed E-state index contributed by atoms with van der Waals surface area (Å²) >= 11 is 0. The SMILES string of the molecule is CCCc1nc(N)cc(NC(CO)CCOC)n1. The molecule has 102 valence electrons. The Morgan fingerprint density at radius 1 is 1.50 bits per heavy atom. The summed E-state index contributed by atoms with van der Waals surface area (Å²) in [4.78, 5) is 8.52. The number of aliphatic hydroxyl groups is 1. The number of methoxy groups -OCH3 is 1. The second-order valence-corrected chi connectivity index (χ2v) is 4.15. The van der Waals surface area contributed by atoms with Crippen molar-refractivity contribution in [2.45, 2.75) is 32.2 Å². The highest BCUT2D eigenvalue weighted by Gasteiger charge is 2.09. The molecule has 0 bridgehead atoms. The van der Waals surface area contributed by atoms with Gasteiger partial charge >= 0.3 is 0 Å². The number of hydrogen-bond donors (Lipinski definition) is 3. The van der Waals surface area contributed by atoms with E-state index in [1.807, 2.05) is 0 Å². The van der Waals surface area contributed by atoms with Crippen LogP contribution in [0.1, 0.15) is 25.6 Å². The largest absolute Gasteiger partial charge is 0.394 e. The van der Waals surface area contributed by atoms with Crippen LogP contribution in [0.15, 0.2) is 6.07 Å². The molecule has 0 amide bonds. The lowest BCUT2D eigenvalue weighted by Gasteiger charge is -2.17. The Morgan fingerprint density at radius 2 is 2.28 bits per heavy atom. The first-order valence-electron chi connectivity index (χ1n) is 6.19. The molecule has 0 fully saturated rings. The first-order chi connectivity index (χ1) is 8.69. The van der Waals surface area contributed by atoms with Gasteiger partial charge in [-0.25, -0.2) is 9.97 Å². The Balaban J connectivity index is 2.69. The normalized spacial score (nSPS) is 12.4. The molecule has 1 rings (SSSR count). The predicted octanol–water partition coefficient (Wildman–Crippen LogP) is 0.821. The van der Waals surface area contributed by atoms with Crippen LogP contribution in [-0.2, 0) is 11.2 Å². The third-order valence-corrected chi connectivity index (χ3v) is 2.51. The van der Waals surface area contributed by atoms with Gasteiger partial charge in [0.25, 0.3) is 0 Å². The molecule has 1 aromatic heterocycles. The molecule has 0 saturated carbocycles. The van der Waals surface area contributed by atoms with Crippen LogP contribution in [0.4, 0.5) is 11.6 Å². The monoisotopic (exact) mass is 254 g/mol. The Hall–Kier alpha value is -1.40. The molecule has 18 heavy (non-hydrogen) atoms. The van der Waals surface area contributed by atoms with Gasteiger partial charge in [-0.05, 0) is 12.8 Å². The molecule has 1 aromatic rings. The van der Waals surface area contributed by atoms with E-state index in [0.29, 0.717) is 24.7 Å². The molecule has 0 aliphatic rings. The van der Waals surface area contributed by atoms with Gasteiger partial charge in [0.2, 0.25) is 0 Å². The summed E-state index contributed by atoms with van der Waals surface area (Å²) in [5.41, 5.74) is 5.73. The lowest BCUT2D eigenvalue weighted by molar-refractivity contribution is 0.174. The van der Waals surface area contributed by atoms with Crippen LogP contribution in [-0.4, -0.2) is 41.4 Å². The second-order valence-electron chi connectivity index (χ2n) is 4.15. The number of hydrogen-bond acceptors (Lipinski definition) is 6. The van der Waals surface area contributed by atoms with E-state index >= 15 is 0 Å². The van der Waals surface area contributed by atoms with Crippen LogP contribution in [0.5, 0.6) is 0 Å². The van der Waals surface area contributed by atoms with Crippen molar-refractivity contribution < 1.29 is 9.84 Å². The third kappa shape index (κ3) is 4.85. The zero-order valence-corrected chi connectivity index (χ0v) is 11.0. The van der Waals surface area contributed by atoms with E-state index in [4.69, 9.17) is 10.5 Å². The van der Waals surface area contributed by atoms with Crippen molar-refractivity contribution in [2.75, 3.05) is 31.4 Å². The smallest absolute Gasteiger partial charge is 0.133 e. The number of aryl methyl sites for hydroxylation is 1. The summed E-state index contributed by atoms with van der Waals surface area (Å²) in [6.07, 6.45) is 2.47. The minimum atomic E-state index is -0.0891. The third-order valence-electron chi connectivity index (χ3n) is 2.51. The Bertz CT molecular complexity index is 360. The maximum atomic E-state index is 9.26. The molecule has 0 saturated heterocycles. The van der Waals surface area contributed by atoms with Gasteiger partial charge in [-0.1, -0.05) is 6.92 Å². The van der Waals surface area contributed by atoms with Crippen molar-refractivity contribution in [3.05, 3.63) is 11.9 Å². The van der Waals surface area contributed by atoms with Gasteiger partial charge in [-0.3, -0.25) is 0 Å². The summed E-state index contributed by atoms with van der Waals surface area (Å²) in [6, 6.07) is 1.59. The molecule has 0 aliphatic carbocycles. The number of ether oxygens (including phenoxy) is 1. The number of anilines is 2. The van der Waals surface area contributed by atoms with E-state index in [2.05, 4.69) is 22.2 Å². The van der Waals surface area contributed by atoms with Crippen LogP contribution >= 0.6 is 0 Å². The molecule has 6 nitrogen and oxygen atoms in total. The van der Waals surface area contributed by atoms with E-state index in [1.54, 1.807) is 13.2 Å². The predicted molar refractivity (Wildman–Crippen MR) is 71.4 cm³/mol. The zero-order chi connectivity index (χ0) is 13.4. The lowest BCUT2D eigenvalue weighted by atomic mass is 10.2. The van der Waals surface area contributed by atoms with Gasteiger partial charge < -0.3 is 20.9 Å². The van der Waals surface area contributed by atoms with Gasteiger partial charge in [0.15, 0.2) is 0 Å². The highest BCUT2D eigenvalue weighted by atomic mass is 16.5. The van der Waals surface area contributed by atoms with Gasteiger partial charge in [-0.15, -0.1) is 0 Å². The second kappa shape index (κ2) is 7.84. The Labute approximate surface area is 108 Å². The summed E-state index contributed by atoms with van der Waals surface area (Å²) in [6.45, 7) is 2.67. The molecular weight excluding hydrogens is 232 g/mol. The highest BCUT2D eigenvalue weighted by Crippen LogP contribution is 2.11. The van der Waals surface area contributed by atoms with Crippen molar-refractivity contribution in [1.82, 2.24) is 9.97 Å². The number of nitrogens with two attached hydrogens (primary N) is 1. The molecule has 1 heterocycles. The molecule has 1 atom stereocenters. The highest BCUT2D eigenvalue weighted by molar-refractivity contribution is 5.45. The van der Waals surface area contributed by atoms with Crippen molar-refractivity contribution in [2.24, 2.45) is 0 Å². The number of nitrogens with one attached hydrogen (secondary N) is 1. The van der Waals surface area contributed by atoms with Crippen molar-refractivity contribution in [3.8, 4) is 0 Å². The van der Waals surface area contributed by atoms with Gasteiger partial charge in [0.1, 0.15) is 17.5 Å². The van der Waals surface area contributed by atoms with Crippen LogP contribution < -0.4 is 11.1 Å². The number of aliphatic hydroxyl groups excluding tert-OH is 1. The van der Waals surface area contributed by atoms with Crippen molar-refractivity contribution >= 4 is 11.6 Å². The number of nitrogen functional groups attached to an aromatic ring is 1. The maximum Gasteiger partial charge on any atom is 0.133 e. The fourth-order valence-electron chi connectivity index (χ4n) is 1.61. The average Bonchev–Trinajstić information content (AvgIpc) is 2.34. The minimum Gasteiger partial charge on any atom is -0.394 e. The van der Waals surface area contributed by atoms with Gasteiger partial charge in [-0.2, -0.15) is 0 Å². The molecule has 0 spiro atoms. The van der Waals surface area contributed by atoms with E-state index in [9.17, 15) is 5.11 Å². The zero-order valence-electron chi connectivity index (χ0n) is 11.0.